The average Bonchev–Trinajstić information content (AvgIpc) is 2.82. The predicted molar refractivity (Wildman–Crippen MR) is 70.4 cm³/mol. The van der Waals surface area contributed by atoms with E-state index < -0.39 is 0 Å². The van der Waals surface area contributed by atoms with Gasteiger partial charge in [-0.2, -0.15) is 0 Å². The summed E-state index contributed by atoms with van der Waals surface area (Å²) in [5.41, 5.74) is 0.846. The molecular weight excluding hydrogens is 236 g/mol. The van der Waals surface area contributed by atoms with Gasteiger partial charge in [0, 0.05) is 11.5 Å². The van der Waals surface area contributed by atoms with E-state index in [9.17, 15) is 0 Å². The molecule has 2 heterocycles. The van der Waals surface area contributed by atoms with Gasteiger partial charge in [0.15, 0.2) is 0 Å². The number of hydrogen-bond acceptors (Lipinski definition) is 3. The first-order valence-corrected chi connectivity index (χ1v) is 6.20. The van der Waals surface area contributed by atoms with Crippen molar-refractivity contribution in [2.24, 2.45) is 0 Å². The summed E-state index contributed by atoms with van der Waals surface area (Å²) in [5, 5.41) is 3.03. The summed E-state index contributed by atoms with van der Waals surface area (Å²) >= 11 is 7.01. The third-order valence-corrected chi connectivity index (χ3v) is 3.62. The van der Waals surface area contributed by atoms with Crippen LogP contribution in [-0.2, 0) is 0 Å². The van der Waals surface area contributed by atoms with Gasteiger partial charge in [0.25, 0.3) is 0 Å². The first kappa shape index (κ1) is 9.75. The Morgan fingerprint density at radius 1 is 1.06 bits per heavy atom. The molecule has 0 aliphatic heterocycles. The first-order valence-electron chi connectivity index (χ1n) is 4.91. The summed E-state index contributed by atoms with van der Waals surface area (Å²) in [6, 6.07) is 13.8. The normalized spacial score (nSPS) is 10.8. The third kappa shape index (κ3) is 1.58. The lowest BCUT2D eigenvalue weighted by Gasteiger charge is -2.01. The van der Waals surface area contributed by atoms with Crippen LogP contribution in [0.3, 0.4) is 0 Å². The van der Waals surface area contributed by atoms with Crippen molar-refractivity contribution in [3.05, 3.63) is 52.4 Å². The minimum absolute atomic E-state index is 0.838. The summed E-state index contributed by atoms with van der Waals surface area (Å²) in [7, 11) is 0. The predicted octanol–water partition coefficient (Wildman–Crippen LogP) is 4.89. The van der Waals surface area contributed by atoms with Crippen LogP contribution in [0.2, 0.25) is 0 Å². The van der Waals surface area contributed by atoms with E-state index in [-0.39, 0.29) is 0 Å². The molecule has 0 aliphatic rings. The average molecular weight is 244 g/mol. The Morgan fingerprint density at radius 2 is 1.94 bits per heavy atom. The van der Waals surface area contributed by atoms with Crippen molar-refractivity contribution in [1.29, 1.82) is 0 Å². The SMILES string of the molecule is S=c1cc(-c2cccs2)oc2ccccc12. The molecule has 0 saturated carbocycles. The zero-order chi connectivity index (χ0) is 11.0. The molecule has 0 amide bonds. The molecule has 1 aromatic carbocycles. The van der Waals surface area contributed by atoms with Crippen LogP contribution in [0.1, 0.15) is 0 Å². The maximum Gasteiger partial charge on any atom is 0.146 e. The molecule has 0 N–H and O–H groups in total. The van der Waals surface area contributed by atoms with Crippen molar-refractivity contribution >= 4 is 34.5 Å². The van der Waals surface area contributed by atoms with Gasteiger partial charge < -0.3 is 4.42 Å². The van der Waals surface area contributed by atoms with Gasteiger partial charge >= 0.3 is 0 Å². The fraction of sp³-hybridized carbons (Fsp3) is 0. The highest BCUT2D eigenvalue weighted by Gasteiger charge is 2.04. The van der Waals surface area contributed by atoms with E-state index in [0.717, 1.165) is 26.1 Å². The Kier molecular flexibility index (Phi) is 2.35. The zero-order valence-electron chi connectivity index (χ0n) is 8.34. The number of benzene rings is 1. The summed E-state index contributed by atoms with van der Waals surface area (Å²) < 4.78 is 6.67. The molecule has 0 bridgehead atoms. The molecule has 2 aromatic heterocycles. The molecule has 1 nitrogen and oxygen atoms in total. The Bertz CT molecular complexity index is 680. The van der Waals surface area contributed by atoms with E-state index in [0.29, 0.717) is 0 Å². The standard InChI is InChI=1S/C13H8OS2/c15-12-8-11(13-6-3-7-16-13)14-10-5-2-1-4-9(10)12/h1-8H. The lowest BCUT2D eigenvalue weighted by atomic mass is 10.2. The lowest BCUT2D eigenvalue weighted by Crippen LogP contribution is -1.77. The van der Waals surface area contributed by atoms with Crippen LogP contribution < -0.4 is 0 Å². The quantitative estimate of drug-likeness (QED) is 0.565. The van der Waals surface area contributed by atoms with Gasteiger partial charge in [-0.3, -0.25) is 0 Å². The molecule has 16 heavy (non-hydrogen) atoms. The molecule has 0 unspecified atom stereocenters. The lowest BCUT2D eigenvalue weighted by molar-refractivity contribution is 0.621. The van der Waals surface area contributed by atoms with E-state index in [1.54, 1.807) is 11.3 Å². The largest absolute Gasteiger partial charge is 0.455 e. The number of thiophene rings is 1. The van der Waals surface area contributed by atoms with Crippen molar-refractivity contribution in [2.75, 3.05) is 0 Å². The van der Waals surface area contributed by atoms with Crippen LogP contribution in [0.15, 0.2) is 52.3 Å². The number of hydrogen-bond donors (Lipinski definition) is 0. The Balaban J connectivity index is 2.34. The summed E-state index contributed by atoms with van der Waals surface area (Å²) in [5.74, 6) is 0.846. The molecule has 0 radical (unpaired) electrons. The van der Waals surface area contributed by atoms with Gasteiger partial charge in [0.2, 0.25) is 0 Å². The molecule has 0 aliphatic carbocycles. The monoisotopic (exact) mass is 244 g/mol. The van der Waals surface area contributed by atoms with Crippen LogP contribution in [-0.4, -0.2) is 0 Å². The second-order valence-corrected chi connectivity index (χ2v) is 4.84. The fourth-order valence-corrected chi connectivity index (χ4v) is 2.60. The third-order valence-electron chi connectivity index (χ3n) is 2.40. The molecule has 0 saturated heterocycles. The summed E-state index contributed by atoms with van der Waals surface area (Å²) in [6.45, 7) is 0. The maximum atomic E-state index is 5.83. The Morgan fingerprint density at radius 3 is 2.75 bits per heavy atom. The second-order valence-electron chi connectivity index (χ2n) is 3.45. The highest BCUT2D eigenvalue weighted by molar-refractivity contribution is 7.71. The van der Waals surface area contributed by atoms with E-state index in [1.807, 2.05) is 47.8 Å². The summed E-state index contributed by atoms with van der Waals surface area (Å²) in [6.07, 6.45) is 0. The van der Waals surface area contributed by atoms with Gasteiger partial charge in [-0.1, -0.05) is 30.4 Å². The van der Waals surface area contributed by atoms with Crippen LogP contribution in [0, 0.1) is 4.51 Å². The number of para-hydroxylation sites is 1. The van der Waals surface area contributed by atoms with Crippen molar-refractivity contribution in [3.8, 4) is 10.6 Å². The van der Waals surface area contributed by atoms with Crippen LogP contribution in [0.4, 0.5) is 0 Å². The topological polar surface area (TPSA) is 13.1 Å². The molecule has 0 fully saturated rings. The summed E-state index contributed by atoms with van der Waals surface area (Å²) in [4.78, 5) is 1.11. The fourth-order valence-electron chi connectivity index (χ4n) is 1.64. The van der Waals surface area contributed by atoms with Crippen molar-refractivity contribution in [1.82, 2.24) is 0 Å². The van der Waals surface area contributed by atoms with Gasteiger partial charge in [0.1, 0.15) is 11.3 Å². The van der Waals surface area contributed by atoms with Gasteiger partial charge in [0.05, 0.1) is 9.39 Å². The van der Waals surface area contributed by atoms with E-state index in [4.69, 9.17) is 16.6 Å². The van der Waals surface area contributed by atoms with Crippen LogP contribution in [0.5, 0.6) is 0 Å². The van der Waals surface area contributed by atoms with E-state index in [1.165, 1.54) is 0 Å². The van der Waals surface area contributed by atoms with Crippen LogP contribution >= 0.6 is 23.6 Å². The Labute approximate surface area is 102 Å². The zero-order valence-corrected chi connectivity index (χ0v) is 9.98. The number of rotatable bonds is 1. The molecule has 3 heteroatoms. The molecule has 0 spiro atoms. The van der Waals surface area contributed by atoms with Gasteiger partial charge in [-0.05, 0) is 23.6 Å². The Hall–Kier alpha value is -1.45. The van der Waals surface area contributed by atoms with E-state index in [2.05, 4.69) is 0 Å². The van der Waals surface area contributed by atoms with Crippen LogP contribution in [0.25, 0.3) is 21.6 Å². The highest BCUT2D eigenvalue weighted by Crippen LogP contribution is 2.28. The molecule has 3 aromatic rings. The van der Waals surface area contributed by atoms with E-state index >= 15 is 0 Å². The highest BCUT2D eigenvalue weighted by atomic mass is 32.1. The van der Waals surface area contributed by atoms with Crippen molar-refractivity contribution < 1.29 is 4.42 Å². The van der Waals surface area contributed by atoms with Gasteiger partial charge in [-0.15, -0.1) is 11.3 Å². The maximum absolute atomic E-state index is 5.83. The van der Waals surface area contributed by atoms with Crippen molar-refractivity contribution in [2.45, 2.75) is 0 Å². The van der Waals surface area contributed by atoms with Gasteiger partial charge in [-0.25, -0.2) is 0 Å². The molecule has 78 valence electrons. The molecule has 0 atom stereocenters. The molecular formula is C13H8OS2. The minimum Gasteiger partial charge on any atom is -0.455 e. The number of fused-ring (bicyclic) bond motifs is 1. The molecule has 3 rings (SSSR count). The van der Waals surface area contributed by atoms with Crippen molar-refractivity contribution in [3.63, 3.8) is 0 Å². The smallest absolute Gasteiger partial charge is 0.146 e. The minimum atomic E-state index is 0.838. The first-order chi connectivity index (χ1) is 7.84. The second kappa shape index (κ2) is 3.85.